The minimum absolute atomic E-state index is 0.112. The van der Waals surface area contributed by atoms with E-state index in [-0.39, 0.29) is 12.1 Å². The van der Waals surface area contributed by atoms with Crippen LogP contribution in [0.1, 0.15) is 62.4 Å². The molecule has 0 spiro atoms. The summed E-state index contributed by atoms with van der Waals surface area (Å²) in [6, 6.07) is 10.3. The van der Waals surface area contributed by atoms with Crippen molar-refractivity contribution in [2.75, 3.05) is 16.8 Å². The highest BCUT2D eigenvalue weighted by Gasteiger charge is 2.37. The molecule has 0 aliphatic carbocycles. The van der Waals surface area contributed by atoms with E-state index in [1.165, 1.54) is 11.3 Å². The Morgan fingerprint density at radius 3 is 2.41 bits per heavy atom. The Morgan fingerprint density at radius 2 is 1.76 bits per heavy atom. The van der Waals surface area contributed by atoms with E-state index in [1.807, 2.05) is 39.0 Å². The van der Waals surface area contributed by atoms with Crippen LogP contribution in [0.5, 0.6) is 0 Å². The van der Waals surface area contributed by atoms with E-state index >= 15 is 0 Å². The fourth-order valence-corrected chi connectivity index (χ4v) is 6.21. The van der Waals surface area contributed by atoms with Gasteiger partial charge in [0.1, 0.15) is 6.54 Å². The van der Waals surface area contributed by atoms with Gasteiger partial charge >= 0.3 is 0 Å². The van der Waals surface area contributed by atoms with E-state index in [0.29, 0.717) is 16.6 Å². The fraction of sp³-hybridized carbons (Fsp3) is 0.367. The maximum absolute atomic E-state index is 13.1. The van der Waals surface area contributed by atoms with Crippen molar-refractivity contribution in [3.63, 3.8) is 0 Å². The zero-order chi connectivity index (χ0) is 27.2. The quantitative estimate of drug-likeness (QED) is 0.447. The van der Waals surface area contributed by atoms with Crippen LogP contribution in [0.3, 0.4) is 0 Å². The lowest BCUT2D eigenvalue weighted by molar-refractivity contribution is -0.127. The van der Waals surface area contributed by atoms with E-state index in [2.05, 4.69) is 63.0 Å². The first-order chi connectivity index (χ1) is 17.3. The van der Waals surface area contributed by atoms with Crippen molar-refractivity contribution >= 4 is 51.8 Å². The number of anilines is 2. The van der Waals surface area contributed by atoms with Crippen LogP contribution in [0.25, 0.3) is 11.6 Å². The molecule has 2 heterocycles. The highest BCUT2D eigenvalue weighted by atomic mass is 32.2. The zero-order valence-electron chi connectivity index (χ0n) is 22.9. The Hall–Kier alpha value is -3.32. The summed E-state index contributed by atoms with van der Waals surface area (Å²) in [4.78, 5) is 42.2. The highest BCUT2D eigenvalue weighted by Crippen LogP contribution is 2.42. The van der Waals surface area contributed by atoms with E-state index in [1.54, 1.807) is 6.08 Å². The summed E-state index contributed by atoms with van der Waals surface area (Å²) in [5, 5.41) is 2.37. The number of hydrogen-bond donors (Lipinski definition) is 1. The van der Waals surface area contributed by atoms with Crippen molar-refractivity contribution in [1.82, 2.24) is 4.90 Å². The van der Waals surface area contributed by atoms with Gasteiger partial charge in [0.25, 0.3) is 11.1 Å². The number of carbonyl (C=O) groups excluding carboxylic acids is 3. The average Bonchev–Trinajstić information content (AvgIpc) is 3.03. The molecule has 0 aromatic heterocycles. The van der Waals surface area contributed by atoms with Crippen molar-refractivity contribution in [1.29, 1.82) is 0 Å². The number of hydrogen-bond acceptors (Lipinski definition) is 5. The molecule has 1 N–H and O–H groups in total. The highest BCUT2D eigenvalue weighted by molar-refractivity contribution is 8.18. The van der Waals surface area contributed by atoms with Crippen LogP contribution in [-0.2, 0) is 9.59 Å². The maximum Gasteiger partial charge on any atom is 0.294 e. The molecule has 6 nitrogen and oxygen atoms in total. The summed E-state index contributed by atoms with van der Waals surface area (Å²) in [6.07, 6.45) is 4.05. The minimum Gasteiger partial charge on any atom is -0.360 e. The lowest BCUT2D eigenvalue weighted by Crippen LogP contribution is -2.49. The molecule has 2 aromatic rings. The predicted octanol–water partition coefficient (Wildman–Crippen LogP) is 6.70. The Bertz CT molecular complexity index is 1370. The number of allylic oxidation sites excluding steroid dienone is 1. The lowest BCUT2D eigenvalue weighted by Gasteiger charge is -2.46. The van der Waals surface area contributed by atoms with Crippen molar-refractivity contribution in [2.45, 2.75) is 67.0 Å². The van der Waals surface area contributed by atoms with Crippen molar-refractivity contribution in [3.8, 4) is 0 Å². The summed E-state index contributed by atoms with van der Waals surface area (Å²) < 4.78 is 0. The van der Waals surface area contributed by atoms with Gasteiger partial charge in [0.15, 0.2) is 0 Å². The molecule has 0 bridgehead atoms. The van der Waals surface area contributed by atoms with Crippen molar-refractivity contribution in [2.24, 2.45) is 0 Å². The third-order valence-electron chi connectivity index (χ3n) is 6.89. The maximum atomic E-state index is 13.1. The third kappa shape index (κ3) is 5.23. The molecule has 37 heavy (non-hydrogen) atoms. The molecule has 1 saturated heterocycles. The van der Waals surface area contributed by atoms with Crippen LogP contribution in [0, 0.1) is 20.8 Å². The molecule has 4 rings (SSSR count). The van der Waals surface area contributed by atoms with Crippen LogP contribution >= 0.6 is 11.8 Å². The van der Waals surface area contributed by atoms with Crippen LogP contribution < -0.4 is 10.2 Å². The largest absolute Gasteiger partial charge is 0.360 e. The smallest absolute Gasteiger partial charge is 0.294 e. The van der Waals surface area contributed by atoms with Gasteiger partial charge in [-0.1, -0.05) is 23.8 Å². The van der Waals surface area contributed by atoms with Gasteiger partial charge in [0.05, 0.1) is 10.4 Å². The predicted molar refractivity (Wildman–Crippen MR) is 154 cm³/mol. The molecule has 1 fully saturated rings. The van der Waals surface area contributed by atoms with Crippen LogP contribution in [0.2, 0.25) is 0 Å². The number of aryl methyl sites for hydroxylation is 3. The van der Waals surface area contributed by atoms with Crippen molar-refractivity contribution < 1.29 is 14.4 Å². The second-order valence-corrected chi connectivity index (χ2v) is 11.8. The Labute approximate surface area is 223 Å². The normalized spacial score (nSPS) is 18.0. The van der Waals surface area contributed by atoms with Gasteiger partial charge in [0, 0.05) is 23.0 Å². The molecule has 194 valence electrons. The summed E-state index contributed by atoms with van der Waals surface area (Å²) in [7, 11) is 0. The number of thioether (sulfide) groups is 1. The average molecular weight is 518 g/mol. The van der Waals surface area contributed by atoms with Gasteiger partial charge in [0.2, 0.25) is 5.91 Å². The fourth-order valence-electron chi connectivity index (χ4n) is 5.38. The van der Waals surface area contributed by atoms with Crippen LogP contribution in [0.4, 0.5) is 16.2 Å². The number of amides is 3. The van der Waals surface area contributed by atoms with E-state index in [4.69, 9.17) is 0 Å². The molecule has 2 aromatic carbocycles. The first-order valence-electron chi connectivity index (χ1n) is 12.5. The molecule has 3 amide bonds. The van der Waals surface area contributed by atoms with Gasteiger partial charge in [-0.2, -0.15) is 0 Å². The SMILES string of the molecule is CC1=CC(C)(C)N(C(C)C)c2cc(C)c(/C=C3\SC(=O)N(CC(=O)Nc4ccc(C)cc4C)C3=O)cc21. The Balaban J connectivity index is 1.58. The number of carbonyl (C=O) groups is 3. The molecule has 2 aliphatic rings. The molecular formula is C30H35N3O3S. The number of rotatable bonds is 5. The standard InChI is InChI=1S/C30H35N3O3S/c1-17(2)33-25-12-19(4)22(13-23(25)21(6)15-30(33,7)8)14-26-28(35)32(29(36)37-26)16-27(34)31-24-10-9-18(3)11-20(24)5/h9-15,17H,16H2,1-8H3,(H,31,34)/b26-14-. The van der Waals surface area contributed by atoms with E-state index in [9.17, 15) is 14.4 Å². The van der Waals surface area contributed by atoms with Gasteiger partial charge < -0.3 is 10.2 Å². The second-order valence-electron chi connectivity index (χ2n) is 10.8. The molecular weight excluding hydrogens is 482 g/mol. The molecule has 7 heteroatoms. The molecule has 0 unspecified atom stereocenters. The van der Waals surface area contributed by atoms with Crippen LogP contribution in [0.15, 0.2) is 41.3 Å². The van der Waals surface area contributed by atoms with Gasteiger partial charge in [-0.05, 0) is 114 Å². The van der Waals surface area contributed by atoms with Gasteiger partial charge in [-0.15, -0.1) is 0 Å². The van der Waals surface area contributed by atoms with E-state index < -0.39 is 17.1 Å². The summed E-state index contributed by atoms with van der Waals surface area (Å²) >= 11 is 0.876. The molecule has 2 aliphatic heterocycles. The van der Waals surface area contributed by atoms with Gasteiger partial charge in [-0.25, -0.2) is 0 Å². The summed E-state index contributed by atoms with van der Waals surface area (Å²) in [5.74, 6) is -0.849. The third-order valence-corrected chi connectivity index (χ3v) is 7.80. The lowest BCUT2D eigenvalue weighted by atomic mass is 9.86. The molecule has 0 atom stereocenters. The first kappa shape index (κ1) is 26.7. The minimum atomic E-state index is -0.444. The number of fused-ring (bicyclic) bond motifs is 1. The van der Waals surface area contributed by atoms with E-state index in [0.717, 1.165) is 44.5 Å². The van der Waals surface area contributed by atoms with Crippen LogP contribution in [-0.4, -0.2) is 40.1 Å². The number of benzene rings is 2. The zero-order valence-corrected chi connectivity index (χ0v) is 23.7. The Morgan fingerprint density at radius 1 is 1.05 bits per heavy atom. The molecule has 0 saturated carbocycles. The monoisotopic (exact) mass is 517 g/mol. The number of nitrogens with one attached hydrogen (secondary N) is 1. The summed E-state index contributed by atoms with van der Waals surface area (Å²) in [6.45, 7) is 16.5. The second kappa shape index (κ2) is 9.86. The Kier molecular flexibility index (Phi) is 7.12. The molecule has 0 radical (unpaired) electrons. The van der Waals surface area contributed by atoms with Gasteiger partial charge in [-0.3, -0.25) is 19.3 Å². The van der Waals surface area contributed by atoms with Crippen molar-refractivity contribution in [3.05, 3.63) is 69.1 Å². The summed E-state index contributed by atoms with van der Waals surface area (Å²) in [5.41, 5.74) is 7.97. The first-order valence-corrected chi connectivity index (χ1v) is 13.4. The number of imide groups is 1. The number of nitrogens with zero attached hydrogens (tertiary/aromatic N) is 2. The topological polar surface area (TPSA) is 69.7 Å².